The van der Waals surface area contributed by atoms with Crippen molar-refractivity contribution in [2.45, 2.75) is 19.4 Å². The van der Waals surface area contributed by atoms with Crippen LogP contribution >= 0.6 is 22.9 Å². The molecule has 2 saturated heterocycles. The molecule has 0 unspecified atom stereocenters. The Morgan fingerprint density at radius 2 is 1.96 bits per heavy atom. The van der Waals surface area contributed by atoms with E-state index >= 15 is 0 Å². The number of nitrogens with two attached hydrogens (primary N) is 1. The van der Waals surface area contributed by atoms with Gasteiger partial charge in [-0.1, -0.05) is 0 Å². The summed E-state index contributed by atoms with van der Waals surface area (Å²) >= 11 is 7.97. The highest BCUT2D eigenvalue weighted by Gasteiger charge is 2.21. The van der Waals surface area contributed by atoms with Crippen molar-refractivity contribution in [3.63, 3.8) is 0 Å². The van der Waals surface area contributed by atoms with E-state index in [0.717, 1.165) is 68.5 Å². The number of ether oxygens (including phenoxy) is 1. The second kappa shape index (κ2) is 7.72. The molecule has 25 heavy (non-hydrogen) atoms. The van der Waals surface area contributed by atoms with Crippen LogP contribution < -0.4 is 10.6 Å². The van der Waals surface area contributed by atoms with Gasteiger partial charge in [-0.25, -0.2) is 4.98 Å². The number of rotatable bonds is 4. The Labute approximate surface area is 156 Å². The molecule has 0 bridgehead atoms. The van der Waals surface area contributed by atoms with Gasteiger partial charge in [-0.3, -0.25) is 4.90 Å². The summed E-state index contributed by atoms with van der Waals surface area (Å²) < 4.78 is 6.59. The van der Waals surface area contributed by atoms with Crippen LogP contribution in [0.4, 0.5) is 5.82 Å². The molecule has 2 aliphatic heterocycles. The van der Waals surface area contributed by atoms with E-state index < -0.39 is 0 Å². The Bertz CT molecular complexity index is 725. The Hall–Kier alpha value is -0.990. The van der Waals surface area contributed by atoms with Gasteiger partial charge in [0, 0.05) is 24.5 Å². The third kappa shape index (κ3) is 3.90. The lowest BCUT2D eigenvalue weighted by Crippen LogP contribution is -2.36. The van der Waals surface area contributed by atoms with Gasteiger partial charge in [0.2, 0.25) is 5.28 Å². The first-order valence-corrected chi connectivity index (χ1v) is 10.1. The number of hydrogen-bond donors (Lipinski definition) is 1. The van der Waals surface area contributed by atoms with Crippen molar-refractivity contribution in [2.24, 2.45) is 11.7 Å². The molecule has 0 atom stereocenters. The lowest BCUT2D eigenvalue weighted by molar-refractivity contribution is 0.122. The average Bonchev–Trinajstić information content (AvgIpc) is 3.04. The quantitative estimate of drug-likeness (QED) is 0.820. The Morgan fingerprint density at radius 3 is 2.68 bits per heavy atom. The molecule has 0 radical (unpaired) electrons. The van der Waals surface area contributed by atoms with Crippen LogP contribution in [0.25, 0.3) is 10.2 Å². The fourth-order valence-electron chi connectivity index (χ4n) is 3.60. The maximum absolute atomic E-state index is 6.18. The summed E-state index contributed by atoms with van der Waals surface area (Å²) in [5.74, 6) is 1.65. The monoisotopic (exact) mass is 381 g/mol. The minimum absolute atomic E-state index is 0.321. The number of hydrogen-bond acceptors (Lipinski definition) is 7. The lowest BCUT2D eigenvalue weighted by Gasteiger charge is -2.30. The first kappa shape index (κ1) is 17.4. The van der Waals surface area contributed by atoms with Crippen molar-refractivity contribution in [2.75, 3.05) is 50.8 Å². The molecule has 0 amide bonds. The number of halogens is 1. The SMILES string of the molecule is NCC1CCN(Cc2cc3nc(Cl)nc(N4CCOCC4)c3s2)CC1. The highest BCUT2D eigenvalue weighted by molar-refractivity contribution is 7.19. The molecule has 4 heterocycles. The number of nitrogens with zero attached hydrogens (tertiary/aromatic N) is 4. The highest BCUT2D eigenvalue weighted by Crippen LogP contribution is 2.34. The normalized spacial score (nSPS) is 20.5. The number of anilines is 1. The van der Waals surface area contributed by atoms with Crippen LogP contribution in [0.2, 0.25) is 5.28 Å². The van der Waals surface area contributed by atoms with E-state index in [2.05, 4.69) is 25.8 Å². The van der Waals surface area contributed by atoms with Gasteiger partial charge < -0.3 is 15.4 Å². The van der Waals surface area contributed by atoms with E-state index in [1.807, 2.05) is 0 Å². The van der Waals surface area contributed by atoms with E-state index in [1.54, 1.807) is 11.3 Å². The van der Waals surface area contributed by atoms with Crippen LogP contribution in [-0.4, -0.2) is 60.8 Å². The zero-order valence-corrected chi connectivity index (χ0v) is 15.9. The van der Waals surface area contributed by atoms with E-state index in [1.165, 1.54) is 17.7 Å². The van der Waals surface area contributed by atoms with Gasteiger partial charge in [0.15, 0.2) is 5.82 Å². The van der Waals surface area contributed by atoms with E-state index in [9.17, 15) is 0 Å². The second-order valence-corrected chi connectivity index (χ2v) is 8.27. The van der Waals surface area contributed by atoms with E-state index in [0.29, 0.717) is 11.2 Å². The molecule has 6 nitrogen and oxygen atoms in total. The standard InChI is InChI=1S/C17H24ClN5OS/c18-17-20-14-9-13(11-22-3-1-12(10-19)2-4-22)25-15(14)16(21-17)23-5-7-24-8-6-23/h9,12H,1-8,10-11,19H2. The van der Waals surface area contributed by atoms with Crippen LogP contribution in [0.15, 0.2) is 6.07 Å². The van der Waals surface area contributed by atoms with Crippen molar-refractivity contribution in [1.82, 2.24) is 14.9 Å². The largest absolute Gasteiger partial charge is 0.378 e. The van der Waals surface area contributed by atoms with Gasteiger partial charge in [-0.05, 0) is 56.1 Å². The first-order valence-electron chi connectivity index (χ1n) is 8.94. The smallest absolute Gasteiger partial charge is 0.224 e. The molecule has 2 aromatic rings. The third-order valence-electron chi connectivity index (χ3n) is 5.11. The van der Waals surface area contributed by atoms with Crippen molar-refractivity contribution in [3.05, 3.63) is 16.2 Å². The van der Waals surface area contributed by atoms with Crippen molar-refractivity contribution >= 4 is 39.0 Å². The van der Waals surface area contributed by atoms with Gasteiger partial charge in [-0.15, -0.1) is 11.3 Å². The fraction of sp³-hybridized carbons (Fsp3) is 0.647. The van der Waals surface area contributed by atoms with Gasteiger partial charge in [0.1, 0.15) is 0 Å². The number of fused-ring (bicyclic) bond motifs is 1. The second-order valence-electron chi connectivity index (χ2n) is 6.80. The molecular weight excluding hydrogens is 358 g/mol. The molecule has 0 aliphatic carbocycles. The molecule has 2 fully saturated rings. The lowest BCUT2D eigenvalue weighted by atomic mass is 9.97. The topological polar surface area (TPSA) is 67.5 Å². The zero-order chi connectivity index (χ0) is 17.2. The molecule has 2 aliphatic rings. The summed E-state index contributed by atoms with van der Waals surface area (Å²) in [6.45, 7) is 7.20. The predicted molar refractivity (Wildman–Crippen MR) is 103 cm³/mol. The molecule has 2 N–H and O–H groups in total. The summed E-state index contributed by atoms with van der Waals surface area (Å²) in [6, 6.07) is 2.17. The van der Waals surface area contributed by atoms with E-state index in [-0.39, 0.29) is 0 Å². The van der Waals surface area contributed by atoms with Crippen LogP contribution in [-0.2, 0) is 11.3 Å². The maximum atomic E-state index is 6.18. The Morgan fingerprint density at radius 1 is 1.20 bits per heavy atom. The molecule has 4 rings (SSSR count). The van der Waals surface area contributed by atoms with Gasteiger partial charge in [0.25, 0.3) is 0 Å². The summed E-state index contributed by atoms with van der Waals surface area (Å²) in [5.41, 5.74) is 6.75. The van der Waals surface area contributed by atoms with Crippen LogP contribution in [0.1, 0.15) is 17.7 Å². The van der Waals surface area contributed by atoms with Crippen molar-refractivity contribution < 1.29 is 4.74 Å². The maximum Gasteiger partial charge on any atom is 0.224 e. The molecule has 0 saturated carbocycles. The average molecular weight is 382 g/mol. The number of piperidine rings is 1. The Kier molecular flexibility index (Phi) is 5.38. The first-order chi connectivity index (χ1) is 12.2. The van der Waals surface area contributed by atoms with Crippen molar-refractivity contribution in [1.29, 1.82) is 0 Å². The number of thiophene rings is 1. The summed E-state index contributed by atoms with van der Waals surface area (Å²) in [6.07, 6.45) is 2.40. The van der Waals surface area contributed by atoms with Crippen LogP contribution in [0.5, 0.6) is 0 Å². The van der Waals surface area contributed by atoms with Gasteiger partial charge in [0.05, 0.1) is 23.4 Å². The molecule has 2 aromatic heterocycles. The van der Waals surface area contributed by atoms with Crippen LogP contribution in [0.3, 0.4) is 0 Å². The zero-order valence-electron chi connectivity index (χ0n) is 14.3. The summed E-state index contributed by atoms with van der Waals surface area (Å²) in [7, 11) is 0. The summed E-state index contributed by atoms with van der Waals surface area (Å²) in [5, 5.41) is 0.321. The Balaban J connectivity index is 1.55. The highest BCUT2D eigenvalue weighted by atomic mass is 35.5. The molecule has 0 spiro atoms. The molecule has 8 heteroatoms. The third-order valence-corrected chi connectivity index (χ3v) is 6.38. The van der Waals surface area contributed by atoms with Crippen LogP contribution in [0, 0.1) is 5.92 Å². The number of likely N-dealkylation sites (tertiary alicyclic amines) is 1. The number of morpholine rings is 1. The van der Waals surface area contributed by atoms with E-state index in [4.69, 9.17) is 22.1 Å². The molecular formula is C17H24ClN5OS. The summed E-state index contributed by atoms with van der Waals surface area (Å²) in [4.78, 5) is 15.1. The minimum atomic E-state index is 0.321. The number of aromatic nitrogens is 2. The fourth-order valence-corrected chi connectivity index (χ4v) is 4.93. The minimum Gasteiger partial charge on any atom is -0.378 e. The predicted octanol–water partition coefficient (Wildman–Crippen LogP) is 2.35. The molecule has 136 valence electrons. The van der Waals surface area contributed by atoms with Crippen molar-refractivity contribution in [3.8, 4) is 0 Å². The van der Waals surface area contributed by atoms with Gasteiger partial charge in [-0.2, -0.15) is 4.98 Å². The van der Waals surface area contributed by atoms with Gasteiger partial charge >= 0.3 is 0 Å². The molecule has 0 aromatic carbocycles.